The predicted molar refractivity (Wildman–Crippen MR) is 68.5 cm³/mol. The zero-order chi connectivity index (χ0) is 14.6. The molecule has 2 amide bonds. The van der Waals surface area contributed by atoms with Crippen LogP contribution >= 0.6 is 0 Å². The molecule has 0 aromatic heterocycles. The third kappa shape index (κ3) is 1.66. The van der Waals surface area contributed by atoms with Gasteiger partial charge in [0.15, 0.2) is 0 Å². The smallest absolute Gasteiger partial charge is 0.363 e. The first-order chi connectivity index (χ1) is 10.2. The van der Waals surface area contributed by atoms with Crippen LogP contribution in [0.4, 0.5) is 0 Å². The number of benzene rings is 1. The van der Waals surface area contributed by atoms with E-state index in [-0.39, 0.29) is 5.56 Å². The Kier molecular flexibility index (Phi) is 2.49. The van der Waals surface area contributed by atoms with Gasteiger partial charge in [0, 0.05) is 0 Å². The highest BCUT2D eigenvalue weighted by Gasteiger charge is 2.62. The molecule has 0 radical (unpaired) electrons. The molecule has 1 aromatic rings. The van der Waals surface area contributed by atoms with Gasteiger partial charge in [0.05, 0.1) is 29.6 Å². The largest absolute Gasteiger partial charge is 0.365 e. The number of hydrogen-bond donors (Lipinski definition) is 0. The molecule has 0 N–H and O–H groups in total. The molecule has 2 bridgehead atoms. The molecule has 21 heavy (non-hydrogen) atoms. The Morgan fingerprint density at radius 2 is 1.57 bits per heavy atom. The lowest BCUT2D eigenvalue weighted by Crippen LogP contribution is -2.36. The zero-order valence-corrected chi connectivity index (χ0v) is 10.8. The van der Waals surface area contributed by atoms with Crippen molar-refractivity contribution < 1.29 is 24.0 Å². The van der Waals surface area contributed by atoms with Gasteiger partial charge in [-0.25, -0.2) is 4.79 Å². The number of hydrogen-bond acceptors (Lipinski definition) is 5. The van der Waals surface area contributed by atoms with E-state index >= 15 is 0 Å². The lowest BCUT2D eigenvalue weighted by molar-refractivity contribution is -0.177. The van der Waals surface area contributed by atoms with Crippen LogP contribution in [0.1, 0.15) is 10.4 Å². The van der Waals surface area contributed by atoms with Gasteiger partial charge in [-0.1, -0.05) is 30.4 Å². The Labute approximate surface area is 119 Å². The van der Waals surface area contributed by atoms with Gasteiger partial charge in [-0.3, -0.25) is 9.59 Å². The maximum atomic E-state index is 12.3. The van der Waals surface area contributed by atoms with Crippen molar-refractivity contribution in [1.82, 2.24) is 5.06 Å². The number of amides is 2. The molecule has 0 saturated carbocycles. The summed E-state index contributed by atoms with van der Waals surface area (Å²) in [6.45, 7) is 0. The van der Waals surface area contributed by atoms with Crippen LogP contribution in [0.5, 0.6) is 0 Å². The molecule has 2 saturated heterocycles. The second kappa shape index (κ2) is 4.26. The van der Waals surface area contributed by atoms with E-state index in [1.807, 2.05) is 0 Å². The van der Waals surface area contributed by atoms with E-state index < -0.39 is 41.8 Å². The fourth-order valence-corrected chi connectivity index (χ4v) is 3.08. The van der Waals surface area contributed by atoms with Gasteiger partial charge in [0.1, 0.15) is 0 Å². The second-order valence-corrected chi connectivity index (χ2v) is 5.22. The highest BCUT2D eigenvalue weighted by Crippen LogP contribution is 2.45. The Bertz CT molecular complexity index is 638. The van der Waals surface area contributed by atoms with Gasteiger partial charge < -0.3 is 9.57 Å². The first-order valence-electron chi connectivity index (χ1n) is 6.66. The monoisotopic (exact) mass is 285 g/mol. The molecule has 1 aromatic carbocycles. The molecular weight excluding hydrogens is 274 g/mol. The molecular formula is C15H11NO5. The standard InChI is InChI=1S/C15H11NO5/c17-13-11-9-6-7-10(20-9)12(11)14(18)16(13)21-15(19)8-4-2-1-3-5-8/h1-7,9-12H/t9-,10-,11+,12+/m1/s1. The third-order valence-electron chi connectivity index (χ3n) is 4.05. The lowest BCUT2D eigenvalue weighted by atomic mass is 9.85. The topological polar surface area (TPSA) is 72.9 Å². The van der Waals surface area contributed by atoms with Crippen LogP contribution in [0.25, 0.3) is 0 Å². The molecule has 2 fully saturated rings. The Balaban J connectivity index is 1.56. The first kappa shape index (κ1) is 12.3. The van der Waals surface area contributed by atoms with Crippen LogP contribution in [-0.4, -0.2) is 35.1 Å². The summed E-state index contributed by atoms with van der Waals surface area (Å²) in [5.41, 5.74) is 0.285. The van der Waals surface area contributed by atoms with Crippen LogP contribution in [0, 0.1) is 11.8 Å². The van der Waals surface area contributed by atoms with Gasteiger partial charge in [-0.15, -0.1) is 5.06 Å². The summed E-state index contributed by atoms with van der Waals surface area (Å²) < 4.78 is 5.50. The van der Waals surface area contributed by atoms with E-state index in [0.717, 1.165) is 0 Å². The van der Waals surface area contributed by atoms with Crippen molar-refractivity contribution in [1.29, 1.82) is 0 Å². The molecule has 0 aliphatic carbocycles. The quantitative estimate of drug-likeness (QED) is 0.590. The lowest BCUT2D eigenvalue weighted by Gasteiger charge is -2.16. The van der Waals surface area contributed by atoms with Crippen molar-refractivity contribution in [3.05, 3.63) is 48.0 Å². The average Bonchev–Trinajstić information content (AvgIpc) is 3.18. The fourth-order valence-electron chi connectivity index (χ4n) is 3.08. The minimum absolute atomic E-state index is 0.285. The number of rotatable bonds is 2. The van der Waals surface area contributed by atoms with Gasteiger partial charge in [-0.2, -0.15) is 0 Å². The second-order valence-electron chi connectivity index (χ2n) is 5.22. The van der Waals surface area contributed by atoms with E-state index in [2.05, 4.69) is 0 Å². The molecule has 3 aliphatic rings. The van der Waals surface area contributed by atoms with E-state index in [1.54, 1.807) is 42.5 Å². The molecule has 0 unspecified atom stereocenters. The molecule has 4 atom stereocenters. The first-order valence-corrected chi connectivity index (χ1v) is 6.66. The Morgan fingerprint density at radius 1 is 1.00 bits per heavy atom. The summed E-state index contributed by atoms with van der Waals surface area (Å²) >= 11 is 0. The van der Waals surface area contributed by atoms with E-state index in [1.165, 1.54) is 0 Å². The summed E-state index contributed by atoms with van der Waals surface area (Å²) in [6.07, 6.45) is 2.77. The summed E-state index contributed by atoms with van der Waals surface area (Å²) in [5, 5.41) is 0.597. The summed E-state index contributed by atoms with van der Waals surface area (Å²) in [7, 11) is 0. The number of imide groups is 1. The van der Waals surface area contributed by atoms with E-state index in [9.17, 15) is 14.4 Å². The predicted octanol–water partition coefficient (Wildman–Crippen LogP) is 0.697. The number of carbonyl (C=O) groups is 3. The summed E-state index contributed by atoms with van der Waals surface area (Å²) in [4.78, 5) is 41.5. The number of hydroxylamine groups is 2. The number of ether oxygens (including phenoxy) is 1. The normalized spacial score (nSPS) is 32.7. The number of nitrogens with zero attached hydrogens (tertiary/aromatic N) is 1. The van der Waals surface area contributed by atoms with Gasteiger partial charge in [0.2, 0.25) is 0 Å². The molecule has 3 aliphatic heterocycles. The molecule has 106 valence electrons. The van der Waals surface area contributed by atoms with Crippen molar-refractivity contribution in [3.8, 4) is 0 Å². The van der Waals surface area contributed by atoms with Crippen LogP contribution in [0.3, 0.4) is 0 Å². The summed E-state index contributed by atoms with van der Waals surface area (Å²) in [5.74, 6) is -2.89. The molecule has 4 rings (SSSR count). The summed E-state index contributed by atoms with van der Waals surface area (Å²) in [6, 6.07) is 8.23. The SMILES string of the molecule is O=C(ON1C(=O)[C@@H]2[C@@H](C1=O)[C@H]1C=C[C@H]2O1)c1ccccc1. The van der Waals surface area contributed by atoms with Crippen LogP contribution in [-0.2, 0) is 19.2 Å². The minimum atomic E-state index is -0.724. The Hall–Kier alpha value is -2.47. The number of fused-ring (bicyclic) bond motifs is 5. The molecule has 6 nitrogen and oxygen atoms in total. The van der Waals surface area contributed by atoms with Crippen molar-refractivity contribution >= 4 is 17.8 Å². The van der Waals surface area contributed by atoms with E-state index in [4.69, 9.17) is 9.57 Å². The zero-order valence-electron chi connectivity index (χ0n) is 10.8. The van der Waals surface area contributed by atoms with Gasteiger partial charge in [-0.05, 0) is 12.1 Å². The highest BCUT2D eigenvalue weighted by molar-refractivity contribution is 6.07. The third-order valence-corrected chi connectivity index (χ3v) is 4.05. The van der Waals surface area contributed by atoms with E-state index in [0.29, 0.717) is 5.06 Å². The van der Waals surface area contributed by atoms with Crippen molar-refractivity contribution in [2.75, 3.05) is 0 Å². The maximum Gasteiger partial charge on any atom is 0.363 e. The number of carbonyl (C=O) groups excluding carboxylic acids is 3. The van der Waals surface area contributed by atoms with Crippen LogP contribution < -0.4 is 0 Å². The van der Waals surface area contributed by atoms with Gasteiger partial charge in [0.25, 0.3) is 11.8 Å². The Morgan fingerprint density at radius 3 is 2.14 bits per heavy atom. The highest BCUT2D eigenvalue weighted by atomic mass is 16.7. The average molecular weight is 285 g/mol. The van der Waals surface area contributed by atoms with Crippen molar-refractivity contribution in [3.63, 3.8) is 0 Å². The van der Waals surface area contributed by atoms with Gasteiger partial charge >= 0.3 is 5.97 Å². The van der Waals surface area contributed by atoms with Crippen molar-refractivity contribution in [2.24, 2.45) is 11.8 Å². The molecule has 3 heterocycles. The molecule has 6 heteroatoms. The maximum absolute atomic E-state index is 12.3. The molecule has 0 spiro atoms. The fraction of sp³-hybridized carbons (Fsp3) is 0.267. The minimum Gasteiger partial charge on any atom is -0.365 e. The van der Waals surface area contributed by atoms with Crippen LogP contribution in [0.2, 0.25) is 0 Å². The van der Waals surface area contributed by atoms with Crippen LogP contribution in [0.15, 0.2) is 42.5 Å². The van der Waals surface area contributed by atoms with Crippen molar-refractivity contribution in [2.45, 2.75) is 12.2 Å².